The first-order valence-electron chi connectivity index (χ1n) is 19.1. The van der Waals surface area contributed by atoms with Crippen LogP contribution in [0, 0.1) is 0 Å². The Morgan fingerprint density at radius 1 is 0.268 bits per heavy atom. The summed E-state index contributed by atoms with van der Waals surface area (Å²) < 4.78 is 7.22. The van der Waals surface area contributed by atoms with Crippen LogP contribution in [0.25, 0.3) is 66.8 Å². The second-order valence-electron chi connectivity index (χ2n) is 14.1. The fraction of sp³-hybridized carbons (Fsp3) is 0. The Labute approximate surface area is 328 Å². The molecule has 9 aromatic carbocycles. The molecule has 1 aliphatic heterocycles. The van der Waals surface area contributed by atoms with Crippen molar-refractivity contribution in [2.45, 2.75) is 0 Å². The number of anilines is 3. The van der Waals surface area contributed by atoms with E-state index in [1.165, 1.54) is 33.4 Å². The van der Waals surface area contributed by atoms with E-state index in [1.807, 2.05) is 0 Å². The first-order valence-corrected chi connectivity index (χ1v) is 19.1. The van der Waals surface area contributed by atoms with Gasteiger partial charge in [-0.3, -0.25) is 0 Å². The van der Waals surface area contributed by atoms with E-state index in [9.17, 15) is 0 Å². The molecule has 56 heavy (non-hydrogen) atoms. The van der Waals surface area contributed by atoms with Gasteiger partial charge in [-0.05, 0) is 104 Å². The summed E-state index contributed by atoms with van der Waals surface area (Å²) >= 11 is 0. The van der Waals surface area contributed by atoms with Gasteiger partial charge in [-0.15, -0.1) is 0 Å². The third-order valence-corrected chi connectivity index (χ3v) is 10.7. The van der Waals surface area contributed by atoms with Gasteiger partial charge in [-0.25, -0.2) is 0 Å². The first kappa shape index (κ1) is 33.2. The molecule has 264 valence electrons. The van der Waals surface area contributed by atoms with Crippen LogP contribution >= 0.6 is 0 Å². The van der Waals surface area contributed by atoms with Crippen molar-refractivity contribution in [2.24, 2.45) is 0 Å². The second kappa shape index (κ2) is 14.4. The highest BCUT2D eigenvalue weighted by Gasteiger charge is 2.27. The van der Waals surface area contributed by atoms with Crippen LogP contribution in [0.4, 0.5) is 17.1 Å². The van der Waals surface area contributed by atoms with Gasteiger partial charge in [0, 0.05) is 22.5 Å². The molecule has 1 aliphatic rings. The lowest BCUT2D eigenvalue weighted by molar-refractivity contribution is 0.489. The zero-order valence-corrected chi connectivity index (χ0v) is 30.7. The zero-order valence-electron chi connectivity index (χ0n) is 30.7. The van der Waals surface area contributed by atoms with Crippen molar-refractivity contribution in [2.75, 3.05) is 4.90 Å². The SMILES string of the molecule is c1ccc(-c2ccc(N(c3ccc(-c4ccccc4)cc3)c3cccc4c3Oc3ccc(-c5ccccc5)cc3-c3ccc(-c5ccccc5)cc3-4)cc2)cc1. The highest BCUT2D eigenvalue weighted by molar-refractivity contribution is 5.98. The van der Waals surface area contributed by atoms with Crippen LogP contribution in [0.2, 0.25) is 0 Å². The van der Waals surface area contributed by atoms with Crippen molar-refractivity contribution >= 4 is 17.1 Å². The van der Waals surface area contributed by atoms with Crippen molar-refractivity contribution in [1.29, 1.82) is 0 Å². The minimum atomic E-state index is 0.810. The maximum Gasteiger partial charge on any atom is 0.159 e. The number of benzene rings is 9. The monoisotopic (exact) mass is 715 g/mol. The fourth-order valence-corrected chi connectivity index (χ4v) is 7.88. The normalized spacial score (nSPS) is 11.4. The number of hydrogen-bond acceptors (Lipinski definition) is 2. The predicted molar refractivity (Wildman–Crippen MR) is 234 cm³/mol. The maximum atomic E-state index is 7.22. The lowest BCUT2D eigenvalue weighted by atomic mass is 9.89. The fourth-order valence-electron chi connectivity index (χ4n) is 7.88. The van der Waals surface area contributed by atoms with Crippen LogP contribution in [0.5, 0.6) is 11.5 Å². The number of hydrogen-bond donors (Lipinski definition) is 0. The summed E-state index contributed by atoms with van der Waals surface area (Å²) in [6, 6.07) is 79.9. The Hall–Kier alpha value is -7.42. The van der Waals surface area contributed by atoms with Gasteiger partial charge in [-0.1, -0.05) is 176 Å². The summed E-state index contributed by atoms with van der Waals surface area (Å²) in [5, 5.41) is 0. The summed E-state index contributed by atoms with van der Waals surface area (Å²) in [5.41, 5.74) is 16.8. The van der Waals surface area contributed by atoms with E-state index in [4.69, 9.17) is 4.74 Å². The number of rotatable bonds is 7. The second-order valence-corrected chi connectivity index (χ2v) is 14.1. The van der Waals surface area contributed by atoms with E-state index >= 15 is 0 Å². The highest BCUT2D eigenvalue weighted by atomic mass is 16.5. The molecule has 0 saturated carbocycles. The van der Waals surface area contributed by atoms with Gasteiger partial charge in [0.2, 0.25) is 0 Å². The van der Waals surface area contributed by atoms with Crippen molar-refractivity contribution in [3.05, 3.63) is 224 Å². The molecular formula is C54H37NO. The number of para-hydroxylation sites is 1. The molecule has 9 aromatic rings. The average molecular weight is 716 g/mol. The largest absolute Gasteiger partial charge is 0.454 e. The minimum Gasteiger partial charge on any atom is -0.454 e. The third kappa shape index (κ3) is 6.24. The molecule has 0 bridgehead atoms. The van der Waals surface area contributed by atoms with Crippen LogP contribution in [0.1, 0.15) is 0 Å². The molecule has 0 aromatic heterocycles. The lowest BCUT2D eigenvalue weighted by Gasteiger charge is -2.28. The maximum absolute atomic E-state index is 7.22. The Morgan fingerprint density at radius 2 is 0.679 bits per heavy atom. The molecule has 0 saturated heterocycles. The van der Waals surface area contributed by atoms with Crippen molar-refractivity contribution in [3.8, 4) is 78.3 Å². The van der Waals surface area contributed by atoms with E-state index in [2.05, 4.69) is 229 Å². The standard InChI is InChI=1S/C54H37NO/c1-5-14-38(15-6-1)42-24-30-46(31-25-42)55(47-32-26-43(27-33-47)39-16-7-2-8-17-39)52-23-13-22-49-50-36-44(40-18-9-3-10-19-40)28-34-48(50)51-37-45(41-20-11-4-12-21-41)29-35-53(51)56-54(49)52/h1-37H. The molecule has 0 radical (unpaired) electrons. The van der Waals surface area contributed by atoms with E-state index in [0.29, 0.717) is 0 Å². The summed E-state index contributed by atoms with van der Waals surface area (Å²) in [6.07, 6.45) is 0. The molecule has 0 N–H and O–H groups in total. The summed E-state index contributed by atoms with van der Waals surface area (Å²) in [7, 11) is 0. The Bertz CT molecular complexity index is 2700. The average Bonchev–Trinajstić information content (AvgIpc) is 3.42. The van der Waals surface area contributed by atoms with Gasteiger partial charge in [0.15, 0.2) is 5.75 Å². The number of nitrogens with zero attached hydrogens (tertiary/aromatic N) is 1. The van der Waals surface area contributed by atoms with Gasteiger partial charge < -0.3 is 9.64 Å². The molecular weight excluding hydrogens is 679 g/mol. The van der Waals surface area contributed by atoms with Crippen LogP contribution in [0.15, 0.2) is 224 Å². The van der Waals surface area contributed by atoms with Gasteiger partial charge in [0.05, 0.1) is 5.69 Å². The van der Waals surface area contributed by atoms with Crippen LogP contribution in [0.3, 0.4) is 0 Å². The van der Waals surface area contributed by atoms with Crippen molar-refractivity contribution < 1.29 is 4.74 Å². The molecule has 0 unspecified atom stereocenters. The molecule has 0 amide bonds. The van der Waals surface area contributed by atoms with Gasteiger partial charge in [0.1, 0.15) is 5.75 Å². The quantitative estimate of drug-likeness (QED) is 0.163. The molecule has 0 atom stereocenters. The topological polar surface area (TPSA) is 12.5 Å². The van der Waals surface area contributed by atoms with Gasteiger partial charge in [0.25, 0.3) is 0 Å². The van der Waals surface area contributed by atoms with E-state index in [0.717, 1.165) is 61.9 Å². The molecule has 2 heteroatoms. The molecule has 0 aliphatic carbocycles. The van der Waals surface area contributed by atoms with E-state index < -0.39 is 0 Å². The Kier molecular flexibility index (Phi) is 8.55. The smallest absolute Gasteiger partial charge is 0.159 e. The number of fused-ring (bicyclic) bond motifs is 5. The summed E-state index contributed by atoms with van der Waals surface area (Å²) in [6.45, 7) is 0. The molecule has 2 nitrogen and oxygen atoms in total. The zero-order chi connectivity index (χ0) is 37.3. The molecule has 0 spiro atoms. The van der Waals surface area contributed by atoms with Gasteiger partial charge in [-0.2, -0.15) is 0 Å². The minimum absolute atomic E-state index is 0.810. The highest BCUT2D eigenvalue weighted by Crippen LogP contribution is 2.53. The van der Waals surface area contributed by atoms with E-state index in [-0.39, 0.29) is 0 Å². The van der Waals surface area contributed by atoms with Gasteiger partial charge >= 0.3 is 0 Å². The van der Waals surface area contributed by atoms with Crippen LogP contribution in [-0.2, 0) is 0 Å². The van der Waals surface area contributed by atoms with Crippen molar-refractivity contribution in [3.63, 3.8) is 0 Å². The predicted octanol–water partition coefficient (Wildman–Crippen LogP) is 15.3. The van der Waals surface area contributed by atoms with Crippen LogP contribution < -0.4 is 9.64 Å². The summed E-state index contributed by atoms with van der Waals surface area (Å²) in [4.78, 5) is 2.33. The van der Waals surface area contributed by atoms with E-state index in [1.54, 1.807) is 0 Å². The molecule has 10 rings (SSSR count). The Morgan fingerprint density at radius 3 is 1.18 bits per heavy atom. The van der Waals surface area contributed by atoms with Crippen molar-refractivity contribution in [1.82, 2.24) is 0 Å². The number of ether oxygens (including phenoxy) is 1. The lowest BCUT2D eigenvalue weighted by Crippen LogP contribution is -2.11. The third-order valence-electron chi connectivity index (χ3n) is 10.7. The molecule has 1 heterocycles. The van der Waals surface area contributed by atoms with Crippen LogP contribution in [-0.4, -0.2) is 0 Å². The Balaban J connectivity index is 1.18. The summed E-state index contributed by atoms with van der Waals surface area (Å²) in [5.74, 6) is 1.63. The molecule has 0 fully saturated rings. The first-order chi connectivity index (χ1) is 27.8.